The summed E-state index contributed by atoms with van der Waals surface area (Å²) in [5.41, 5.74) is 18.7. The Morgan fingerprint density at radius 2 is 0.510 bits per heavy atom. The number of benzene rings is 3. The molecule has 0 unspecified atom stereocenters. The lowest BCUT2D eigenvalue weighted by Crippen LogP contribution is -2.06. The first-order valence-electron chi connectivity index (χ1n) is 38.4. The van der Waals surface area contributed by atoms with Gasteiger partial charge in [0.2, 0.25) is 0 Å². The van der Waals surface area contributed by atoms with Crippen molar-refractivity contribution in [3.05, 3.63) is 181 Å². The maximum absolute atomic E-state index is 4.70. The molecule has 0 aliphatic rings. The average molecular weight is 1340 g/mol. The molecule has 0 spiro atoms. The molecule has 9 aromatic rings. The molecule has 0 N–H and O–H groups in total. The minimum absolute atomic E-state index is 0.828. The number of hydrogen-bond donors (Lipinski definition) is 0. The predicted molar refractivity (Wildman–Crippen MR) is 433 cm³/mol. The van der Waals surface area contributed by atoms with Crippen LogP contribution in [0.4, 0.5) is 0 Å². The van der Waals surface area contributed by atoms with Crippen molar-refractivity contribution in [3.8, 4) is 0 Å². The molecule has 0 atom stereocenters. The van der Waals surface area contributed by atoms with Gasteiger partial charge in [-0.25, -0.2) is 44.9 Å². The number of para-hydroxylation sites is 2. The molecular formula is C87H143N11. The lowest BCUT2D eigenvalue weighted by molar-refractivity contribution is 0.798. The second kappa shape index (κ2) is 58.9. The third-order valence-corrected chi connectivity index (χ3v) is 14.3. The molecule has 0 saturated carbocycles. The van der Waals surface area contributed by atoms with Gasteiger partial charge in [-0.2, -0.15) is 0 Å². The molecule has 9 rings (SSSR count). The van der Waals surface area contributed by atoms with Crippen LogP contribution in [-0.2, 0) is 83.5 Å². The molecule has 11 nitrogen and oxygen atoms in total. The number of aromatic nitrogens is 11. The molecule has 0 saturated heterocycles. The average Bonchev–Trinajstić information content (AvgIpc) is 0.802. The molecule has 6 aromatic heterocycles. The van der Waals surface area contributed by atoms with Gasteiger partial charge in [-0.15, -0.1) is 0 Å². The molecular weight excluding hydrogens is 1200 g/mol. The van der Waals surface area contributed by atoms with Crippen molar-refractivity contribution in [1.82, 2.24) is 54.8 Å². The second-order valence-electron chi connectivity index (χ2n) is 23.9. The fourth-order valence-electron chi connectivity index (χ4n) is 10.3. The zero-order valence-electron chi connectivity index (χ0n) is 68.8. The Bertz CT molecular complexity index is 3430. The van der Waals surface area contributed by atoms with Gasteiger partial charge in [0.1, 0.15) is 34.9 Å². The largest absolute Gasteiger partial charge is 0.257 e. The van der Waals surface area contributed by atoms with E-state index in [1.54, 1.807) is 0 Å². The Labute approximate surface area is 601 Å². The Hall–Kier alpha value is -7.01. The van der Waals surface area contributed by atoms with Crippen LogP contribution in [0.25, 0.3) is 32.6 Å². The number of nitrogens with zero attached hydrogens (tertiary/aromatic N) is 11. The topological polar surface area (TPSA) is 142 Å². The van der Waals surface area contributed by atoms with Gasteiger partial charge in [0.15, 0.2) is 0 Å². The van der Waals surface area contributed by atoms with Crippen LogP contribution >= 0.6 is 0 Å². The minimum Gasteiger partial charge on any atom is -0.257 e. The summed E-state index contributed by atoms with van der Waals surface area (Å²) in [6.07, 6.45) is 20.5. The van der Waals surface area contributed by atoms with Crippen LogP contribution in [0.5, 0.6) is 0 Å². The van der Waals surface area contributed by atoms with E-state index in [4.69, 9.17) is 9.97 Å². The van der Waals surface area contributed by atoms with E-state index >= 15 is 0 Å². The molecule has 0 fully saturated rings. The normalized spacial score (nSPS) is 9.74. The lowest BCUT2D eigenvalue weighted by Gasteiger charge is -2.11. The summed E-state index contributed by atoms with van der Waals surface area (Å²) in [5.74, 6) is 5.37. The van der Waals surface area contributed by atoms with Crippen molar-refractivity contribution in [3.63, 3.8) is 0 Å². The molecule has 0 amide bonds. The van der Waals surface area contributed by atoms with E-state index in [1.807, 2.05) is 52.8 Å². The SMILES string of the molecule is CCC.CCC.CCC.CCC.CCC.CCC.CCc1nc(C)c(CC)c(CC)n1.CCc1nc(C)c(CC)c2ccccc12.CCc1nc(C)nc(CC)c1CC.CCc1nc(C)nc(CC)n1.CCc1nc(C)nc2ccccc12.CCc1nc2ccccc2c(CC)c1C. The van der Waals surface area contributed by atoms with Gasteiger partial charge in [-0.1, -0.05) is 272 Å². The highest BCUT2D eigenvalue weighted by molar-refractivity contribution is 5.88. The summed E-state index contributed by atoms with van der Waals surface area (Å²) >= 11 is 0. The van der Waals surface area contributed by atoms with Crippen molar-refractivity contribution in [1.29, 1.82) is 0 Å². The molecule has 0 aliphatic carbocycles. The highest BCUT2D eigenvalue weighted by atomic mass is 15.0. The fourth-order valence-corrected chi connectivity index (χ4v) is 10.3. The summed E-state index contributed by atoms with van der Waals surface area (Å²) in [4.78, 5) is 48.7. The molecule has 6 heterocycles. The first-order chi connectivity index (χ1) is 47.0. The third-order valence-electron chi connectivity index (χ3n) is 14.3. The summed E-state index contributed by atoms with van der Waals surface area (Å²) < 4.78 is 0. The number of rotatable bonds is 13. The number of hydrogen-bond acceptors (Lipinski definition) is 11. The van der Waals surface area contributed by atoms with Crippen LogP contribution < -0.4 is 0 Å². The maximum Gasteiger partial charge on any atom is 0.132 e. The van der Waals surface area contributed by atoms with E-state index in [1.165, 1.54) is 122 Å². The highest BCUT2D eigenvalue weighted by Crippen LogP contribution is 2.26. The van der Waals surface area contributed by atoms with Gasteiger partial charge in [-0.05, 0) is 151 Å². The van der Waals surface area contributed by atoms with Crippen molar-refractivity contribution in [2.75, 3.05) is 0 Å². The Balaban J connectivity index is -0.00000105. The lowest BCUT2D eigenvalue weighted by atomic mass is 9.98. The molecule has 98 heavy (non-hydrogen) atoms. The second-order valence-corrected chi connectivity index (χ2v) is 23.9. The van der Waals surface area contributed by atoms with E-state index in [2.05, 4.69) is 279 Å². The quantitative estimate of drug-likeness (QED) is 0.109. The summed E-state index contributed by atoms with van der Waals surface area (Å²) in [5, 5.41) is 5.19. The van der Waals surface area contributed by atoms with Crippen LogP contribution in [0.1, 0.15) is 320 Å². The van der Waals surface area contributed by atoms with Gasteiger partial charge in [0.05, 0.1) is 16.7 Å². The minimum atomic E-state index is 0.828. The Morgan fingerprint density at radius 3 is 0.908 bits per heavy atom. The third kappa shape index (κ3) is 35.2. The maximum atomic E-state index is 4.70. The molecule has 11 heteroatoms. The standard InChI is InChI=1S/2C14H17N.C11H12N2.2C11H18N2.C8H13N3.6C3H8/c1-4-11-10(3)15-14(5-2)13-9-7-6-8-12(11)13;1-4-11-10(3)13(5-2)15-14-9-7-6-8-12(11)14;1-3-10-9-6-4-5-7-11(9)13-8(2)12-10;1-5-9-10(6-2)12-8(4)13-11(9)7-3;1-5-9-8(4)12-11(7-3)13-10(9)6-2;1-4-7-9-6(3)10-8(5-2)11-7;6*1-3-2/h2*6-9H,4-5H2,1-3H3;4-7H,3H2,1-2H3;2*5-7H2,1-4H3;4-5H2,1-3H3;6*3H2,1-2H3. The van der Waals surface area contributed by atoms with Crippen molar-refractivity contribution in [2.24, 2.45) is 0 Å². The summed E-state index contributed by atoms with van der Waals surface area (Å²) in [7, 11) is 0. The summed E-state index contributed by atoms with van der Waals surface area (Å²) in [6, 6.07) is 25.2. The molecule has 0 bridgehead atoms. The Morgan fingerprint density at radius 1 is 0.204 bits per heavy atom. The number of pyridine rings is 2. The van der Waals surface area contributed by atoms with Crippen molar-refractivity contribution < 1.29 is 0 Å². The van der Waals surface area contributed by atoms with Gasteiger partial charge < -0.3 is 0 Å². The van der Waals surface area contributed by atoms with Gasteiger partial charge in [-0.3, -0.25) is 9.97 Å². The molecule has 3 aromatic carbocycles. The smallest absolute Gasteiger partial charge is 0.132 e. The first kappa shape index (κ1) is 95.2. The van der Waals surface area contributed by atoms with Crippen LogP contribution in [0, 0.1) is 41.5 Å². The monoisotopic (exact) mass is 1340 g/mol. The van der Waals surface area contributed by atoms with Gasteiger partial charge in [0, 0.05) is 75.3 Å². The first-order valence-corrected chi connectivity index (χ1v) is 38.4. The molecule has 0 radical (unpaired) electrons. The highest BCUT2D eigenvalue weighted by Gasteiger charge is 2.12. The van der Waals surface area contributed by atoms with Crippen LogP contribution in [0.3, 0.4) is 0 Å². The van der Waals surface area contributed by atoms with Gasteiger partial charge in [0.25, 0.3) is 0 Å². The molecule has 0 aliphatic heterocycles. The van der Waals surface area contributed by atoms with Crippen molar-refractivity contribution in [2.45, 2.75) is 337 Å². The zero-order valence-corrected chi connectivity index (χ0v) is 68.8. The van der Waals surface area contributed by atoms with E-state index < -0.39 is 0 Å². The van der Waals surface area contributed by atoms with E-state index in [0.717, 1.165) is 141 Å². The predicted octanol–water partition coefficient (Wildman–Crippen LogP) is 24.6. The van der Waals surface area contributed by atoms with E-state index in [9.17, 15) is 0 Å². The summed E-state index contributed by atoms with van der Waals surface area (Å²) in [6.45, 7) is 65.6. The fraction of sp³-hybridized carbons (Fsp3) is 0.575. The zero-order chi connectivity index (χ0) is 75.1. The van der Waals surface area contributed by atoms with Crippen LogP contribution in [0.15, 0.2) is 72.8 Å². The van der Waals surface area contributed by atoms with Crippen molar-refractivity contribution >= 4 is 32.6 Å². The van der Waals surface area contributed by atoms with Crippen LogP contribution in [0.2, 0.25) is 0 Å². The number of aryl methyl sites for hydroxylation is 16. The number of fused-ring (bicyclic) bond motifs is 3. The van der Waals surface area contributed by atoms with E-state index in [-0.39, 0.29) is 0 Å². The van der Waals surface area contributed by atoms with Gasteiger partial charge >= 0.3 is 0 Å². The Kier molecular flexibility index (Phi) is 57.2. The van der Waals surface area contributed by atoms with Crippen LogP contribution in [-0.4, -0.2) is 54.8 Å². The van der Waals surface area contributed by atoms with E-state index in [0.29, 0.717) is 0 Å². The molecule has 546 valence electrons.